The van der Waals surface area contributed by atoms with Crippen LogP contribution in [0.15, 0.2) is 47.1 Å². The summed E-state index contributed by atoms with van der Waals surface area (Å²) in [6.07, 6.45) is 12.5. The Bertz CT molecular complexity index is 629. The van der Waals surface area contributed by atoms with Crippen LogP contribution in [0.1, 0.15) is 32.6 Å². The molecule has 1 fully saturated rings. The summed E-state index contributed by atoms with van der Waals surface area (Å²) in [6, 6.07) is 2.63. The number of rotatable bonds is 3. The molecule has 0 N–H and O–H groups in total. The SMILES string of the molecule is [C-]#[N+]/C(C#N)=C1\C=C(C)OC(C=CC2CCC(N(C)C)CC2)=C1. The summed E-state index contributed by atoms with van der Waals surface area (Å²) in [5.41, 5.74) is 0.729. The van der Waals surface area contributed by atoms with Crippen molar-refractivity contribution in [2.75, 3.05) is 14.1 Å². The molecule has 1 aliphatic heterocycles. The highest BCUT2D eigenvalue weighted by molar-refractivity contribution is 5.49. The maximum Gasteiger partial charge on any atom is 0.269 e. The Morgan fingerprint density at radius 3 is 2.61 bits per heavy atom. The van der Waals surface area contributed by atoms with Gasteiger partial charge in [0.25, 0.3) is 5.70 Å². The molecular weight excluding hydrogens is 286 g/mol. The van der Waals surface area contributed by atoms with Gasteiger partial charge in [0.15, 0.2) is 0 Å². The van der Waals surface area contributed by atoms with E-state index in [9.17, 15) is 0 Å². The van der Waals surface area contributed by atoms with Crippen LogP contribution in [-0.4, -0.2) is 25.0 Å². The number of ether oxygens (including phenoxy) is 1. The van der Waals surface area contributed by atoms with E-state index in [2.05, 4.69) is 29.9 Å². The molecule has 0 saturated heterocycles. The highest BCUT2D eigenvalue weighted by Crippen LogP contribution is 2.29. The first-order chi connectivity index (χ1) is 11.0. The van der Waals surface area contributed by atoms with Crippen LogP contribution in [0, 0.1) is 23.8 Å². The topological polar surface area (TPSA) is 40.6 Å². The average Bonchev–Trinajstić information content (AvgIpc) is 2.54. The zero-order chi connectivity index (χ0) is 16.8. The van der Waals surface area contributed by atoms with E-state index in [0.29, 0.717) is 29.1 Å². The van der Waals surface area contributed by atoms with Crippen molar-refractivity contribution in [2.24, 2.45) is 5.92 Å². The van der Waals surface area contributed by atoms with Gasteiger partial charge in [0.2, 0.25) is 0 Å². The maximum absolute atomic E-state index is 9.01. The summed E-state index contributed by atoms with van der Waals surface area (Å²) in [4.78, 5) is 5.58. The molecule has 4 heteroatoms. The van der Waals surface area contributed by atoms with Gasteiger partial charge in [-0.2, -0.15) is 0 Å². The first kappa shape index (κ1) is 17.1. The zero-order valence-corrected chi connectivity index (χ0v) is 14.0. The van der Waals surface area contributed by atoms with Crippen molar-refractivity contribution in [3.8, 4) is 6.07 Å². The predicted octanol–water partition coefficient (Wildman–Crippen LogP) is 4.18. The van der Waals surface area contributed by atoms with Crippen molar-refractivity contribution in [3.63, 3.8) is 0 Å². The van der Waals surface area contributed by atoms with Gasteiger partial charge >= 0.3 is 0 Å². The molecule has 2 aliphatic rings. The second-order valence-electron chi connectivity index (χ2n) is 6.32. The van der Waals surface area contributed by atoms with Crippen LogP contribution >= 0.6 is 0 Å². The van der Waals surface area contributed by atoms with E-state index in [-0.39, 0.29) is 5.70 Å². The summed E-state index contributed by atoms with van der Waals surface area (Å²) in [7, 11) is 4.29. The van der Waals surface area contributed by atoms with Crippen molar-refractivity contribution < 1.29 is 4.74 Å². The van der Waals surface area contributed by atoms with Crippen molar-refractivity contribution in [1.29, 1.82) is 5.26 Å². The third-order valence-electron chi connectivity index (χ3n) is 4.43. The van der Waals surface area contributed by atoms with Crippen LogP contribution in [0.2, 0.25) is 0 Å². The fraction of sp³-hybridized carbons (Fsp3) is 0.474. The standard InChI is InChI=1S/C19H23N3O/c1-14-11-16(19(13-20)21-2)12-18(23-14)10-7-15-5-8-17(9-6-15)22(3)4/h7,10-12,15,17H,5-6,8-9H2,1,3-4H3/b10-7?,19-16+. The van der Waals surface area contributed by atoms with Crippen LogP contribution in [-0.2, 0) is 4.74 Å². The molecule has 0 aromatic heterocycles. The third kappa shape index (κ3) is 4.58. The van der Waals surface area contributed by atoms with E-state index in [0.717, 1.165) is 0 Å². The van der Waals surface area contributed by atoms with Gasteiger partial charge in [-0.25, -0.2) is 10.1 Å². The molecule has 4 nitrogen and oxygen atoms in total. The molecule has 0 spiro atoms. The minimum atomic E-state index is 0.102. The van der Waals surface area contributed by atoms with Gasteiger partial charge in [0.05, 0.1) is 12.6 Å². The highest BCUT2D eigenvalue weighted by atomic mass is 16.5. The van der Waals surface area contributed by atoms with E-state index < -0.39 is 0 Å². The number of allylic oxidation sites excluding steroid dienone is 7. The monoisotopic (exact) mass is 309 g/mol. The second kappa shape index (κ2) is 7.81. The number of nitrogens with zero attached hydrogens (tertiary/aromatic N) is 3. The Morgan fingerprint density at radius 2 is 2.04 bits per heavy atom. The largest absolute Gasteiger partial charge is 0.462 e. The number of hydrogen-bond donors (Lipinski definition) is 0. The van der Waals surface area contributed by atoms with Gasteiger partial charge in [-0.15, -0.1) is 0 Å². The number of hydrogen-bond acceptors (Lipinski definition) is 3. The molecule has 0 radical (unpaired) electrons. The first-order valence-electron chi connectivity index (χ1n) is 7.97. The molecule has 0 aromatic carbocycles. The minimum Gasteiger partial charge on any atom is -0.462 e. The summed E-state index contributed by atoms with van der Waals surface area (Å²) in [6.45, 7) is 8.90. The number of nitriles is 1. The molecule has 1 heterocycles. The Labute approximate surface area is 138 Å². The Balaban J connectivity index is 2.05. The van der Waals surface area contributed by atoms with E-state index in [1.807, 2.05) is 19.1 Å². The van der Waals surface area contributed by atoms with Crippen LogP contribution in [0.3, 0.4) is 0 Å². The summed E-state index contributed by atoms with van der Waals surface area (Å²) < 4.78 is 5.69. The first-order valence-corrected chi connectivity index (χ1v) is 7.97. The van der Waals surface area contributed by atoms with Crippen LogP contribution in [0.5, 0.6) is 0 Å². The Kier molecular flexibility index (Phi) is 5.79. The van der Waals surface area contributed by atoms with E-state index >= 15 is 0 Å². The third-order valence-corrected chi connectivity index (χ3v) is 4.43. The van der Waals surface area contributed by atoms with Gasteiger partial charge in [-0.3, -0.25) is 0 Å². The molecule has 120 valence electrons. The minimum absolute atomic E-state index is 0.102. The van der Waals surface area contributed by atoms with Crippen LogP contribution < -0.4 is 0 Å². The quantitative estimate of drug-likeness (QED) is 0.580. The molecule has 23 heavy (non-hydrogen) atoms. The van der Waals surface area contributed by atoms with Gasteiger partial charge in [0, 0.05) is 6.04 Å². The zero-order valence-electron chi connectivity index (χ0n) is 14.0. The lowest BCUT2D eigenvalue weighted by Crippen LogP contribution is -2.31. The molecule has 0 amide bonds. The molecule has 1 saturated carbocycles. The van der Waals surface area contributed by atoms with Crippen molar-refractivity contribution in [3.05, 3.63) is 58.5 Å². The molecule has 0 bridgehead atoms. The highest BCUT2D eigenvalue weighted by Gasteiger charge is 2.21. The second-order valence-corrected chi connectivity index (χ2v) is 6.32. The average molecular weight is 309 g/mol. The normalized spacial score (nSPS) is 26.9. The van der Waals surface area contributed by atoms with Gasteiger partial charge < -0.3 is 9.64 Å². The van der Waals surface area contributed by atoms with Crippen molar-refractivity contribution >= 4 is 0 Å². The Morgan fingerprint density at radius 1 is 1.35 bits per heavy atom. The van der Waals surface area contributed by atoms with Crippen molar-refractivity contribution in [1.82, 2.24) is 4.90 Å². The van der Waals surface area contributed by atoms with E-state index in [1.165, 1.54) is 25.7 Å². The predicted molar refractivity (Wildman–Crippen MR) is 90.7 cm³/mol. The lowest BCUT2D eigenvalue weighted by Gasteiger charge is -2.31. The van der Waals surface area contributed by atoms with Gasteiger partial charge in [-0.05, 0) is 76.4 Å². The Hall–Kier alpha value is -2.30. The van der Waals surface area contributed by atoms with Crippen molar-refractivity contribution in [2.45, 2.75) is 38.6 Å². The fourth-order valence-corrected chi connectivity index (χ4v) is 3.07. The maximum atomic E-state index is 9.01. The summed E-state index contributed by atoms with van der Waals surface area (Å²) >= 11 is 0. The molecule has 2 rings (SSSR count). The van der Waals surface area contributed by atoms with E-state index in [1.54, 1.807) is 12.2 Å². The van der Waals surface area contributed by atoms with Crippen LogP contribution in [0.25, 0.3) is 4.85 Å². The molecule has 0 unspecified atom stereocenters. The lowest BCUT2D eigenvalue weighted by molar-refractivity contribution is 0.209. The summed E-state index contributed by atoms with van der Waals surface area (Å²) in [5.74, 6) is 1.98. The van der Waals surface area contributed by atoms with Gasteiger partial charge in [-0.1, -0.05) is 6.08 Å². The molecule has 0 atom stereocenters. The summed E-state index contributed by atoms with van der Waals surface area (Å²) in [5, 5.41) is 9.01. The van der Waals surface area contributed by atoms with E-state index in [4.69, 9.17) is 16.6 Å². The van der Waals surface area contributed by atoms with Gasteiger partial charge in [0.1, 0.15) is 11.5 Å². The smallest absolute Gasteiger partial charge is 0.269 e. The molecule has 1 aliphatic carbocycles. The van der Waals surface area contributed by atoms with Crippen LogP contribution in [0.4, 0.5) is 0 Å². The lowest BCUT2D eigenvalue weighted by atomic mass is 9.85. The fourth-order valence-electron chi connectivity index (χ4n) is 3.07. The molecular formula is C19H23N3O. The molecule has 0 aromatic rings.